The molecule has 0 aliphatic carbocycles. The molecule has 1 unspecified atom stereocenters. The van der Waals surface area contributed by atoms with Gasteiger partial charge in [0.1, 0.15) is 22.4 Å². The fourth-order valence-electron chi connectivity index (χ4n) is 4.61. The molecule has 3 heterocycles. The van der Waals surface area contributed by atoms with Crippen LogP contribution in [-0.4, -0.2) is 45.7 Å². The minimum atomic E-state index is -3.82. The van der Waals surface area contributed by atoms with E-state index in [1.165, 1.54) is 0 Å². The number of H-pyrrole nitrogens is 2. The molecule has 0 radical (unpaired) electrons. The highest BCUT2D eigenvalue weighted by molar-refractivity contribution is 7.89. The summed E-state index contributed by atoms with van der Waals surface area (Å²) in [5.74, 6) is 0.903. The maximum absolute atomic E-state index is 13.3. The molecule has 0 amide bonds. The van der Waals surface area contributed by atoms with Crippen LogP contribution in [0.2, 0.25) is 0 Å². The smallest absolute Gasteiger partial charge is 0.242 e. The number of nitrogens with one attached hydrogen (secondary N) is 4. The lowest BCUT2D eigenvalue weighted by Gasteiger charge is -2.14. The van der Waals surface area contributed by atoms with E-state index in [2.05, 4.69) is 19.7 Å². The lowest BCUT2D eigenvalue weighted by Crippen LogP contribution is -2.27. The topological polar surface area (TPSA) is 166 Å². The predicted molar refractivity (Wildman–Crippen MR) is 147 cm³/mol. The maximum Gasteiger partial charge on any atom is 0.242 e. The van der Waals surface area contributed by atoms with E-state index in [9.17, 15) is 8.42 Å². The van der Waals surface area contributed by atoms with Gasteiger partial charge in [-0.3, -0.25) is 10.4 Å². The van der Waals surface area contributed by atoms with E-state index in [4.69, 9.17) is 21.1 Å². The second-order valence-electron chi connectivity index (χ2n) is 8.98. The number of imidazole rings is 2. The van der Waals surface area contributed by atoms with Gasteiger partial charge in [-0.15, -0.1) is 0 Å². The summed E-state index contributed by atoms with van der Waals surface area (Å²) in [7, 11) is -3.82. The second kappa shape index (κ2) is 9.36. The summed E-state index contributed by atoms with van der Waals surface area (Å²) in [6.07, 6.45) is 1.97. The number of nitrogens with zero attached hydrogens (tertiary/aromatic N) is 3. The van der Waals surface area contributed by atoms with E-state index >= 15 is 0 Å². The van der Waals surface area contributed by atoms with Gasteiger partial charge < -0.3 is 15.7 Å². The molecule has 11 heteroatoms. The number of pyridine rings is 1. The minimum absolute atomic E-state index is 0.0392. The molecule has 3 aromatic heterocycles. The maximum atomic E-state index is 13.3. The van der Waals surface area contributed by atoms with Crippen LogP contribution in [0.25, 0.3) is 33.0 Å². The van der Waals surface area contributed by atoms with Crippen molar-refractivity contribution in [3.63, 3.8) is 0 Å². The number of aromatic nitrogens is 5. The van der Waals surface area contributed by atoms with Crippen LogP contribution in [0.5, 0.6) is 0 Å². The molecule has 190 valence electrons. The third kappa shape index (κ3) is 4.38. The number of amidine groups is 1. The normalized spacial score (nSPS) is 12.8. The summed E-state index contributed by atoms with van der Waals surface area (Å²) in [6.45, 7) is 0.142. The van der Waals surface area contributed by atoms with Gasteiger partial charge >= 0.3 is 0 Å². The first-order valence-corrected chi connectivity index (χ1v) is 13.5. The number of para-hydroxylation sites is 3. The van der Waals surface area contributed by atoms with Crippen molar-refractivity contribution in [2.45, 2.75) is 17.2 Å². The molecule has 0 fully saturated rings. The van der Waals surface area contributed by atoms with Crippen LogP contribution in [0.15, 0.2) is 83.9 Å². The van der Waals surface area contributed by atoms with Gasteiger partial charge in [0.25, 0.3) is 0 Å². The number of rotatable bonds is 8. The van der Waals surface area contributed by atoms with Crippen molar-refractivity contribution in [3.8, 4) is 0 Å². The van der Waals surface area contributed by atoms with Gasteiger partial charge in [-0.1, -0.05) is 30.3 Å². The number of nitrogens with two attached hydrogens (primary N) is 1. The molecule has 0 bridgehead atoms. The van der Waals surface area contributed by atoms with E-state index in [-0.39, 0.29) is 23.2 Å². The van der Waals surface area contributed by atoms with Crippen molar-refractivity contribution in [3.05, 3.63) is 96.2 Å². The highest BCUT2D eigenvalue weighted by Crippen LogP contribution is 2.28. The third-order valence-corrected chi connectivity index (χ3v) is 7.98. The number of benzene rings is 3. The quantitative estimate of drug-likeness (QED) is 0.150. The lowest BCUT2D eigenvalue weighted by atomic mass is 10.0. The Kier molecular flexibility index (Phi) is 5.86. The Balaban J connectivity index is 1.33. The number of fused-ring (bicyclic) bond motifs is 3. The molecule has 0 aliphatic rings. The number of hydrogen-bond acceptors (Lipinski definition) is 6. The molecule has 6 N–H and O–H groups in total. The fourth-order valence-corrected chi connectivity index (χ4v) is 5.83. The molecular weight excluding hydrogens is 500 g/mol. The van der Waals surface area contributed by atoms with Crippen LogP contribution in [0, 0.1) is 5.41 Å². The van der Waals surface area contributed by atoms with Crippen molar-refractivity contribution < 1.29 is 8.42 Å². The second-order valence-corrected chi connectivity index (χ2v) is 10.7. The first-order chi connectivity index (χ1) is 18.4. The van der Waals surface area contributed by atoms with E-state index in [1.54, 1.807) is 36.5 Å². The largest absolute Gasteiger partial charge is 0.384 e. The van der Waals surface area contributed by atoms with Crippen LogP contribution >= 0.6 is 0 Å². The molecular formula is C27H24N8O2S. The summed E-state index contributed by atoms with van der Waals surface area (Å²) in [6, 6.07) is 21.7. The van der Waals surface area contributed by atoms with E-state index < -0.39 is 10.0 Å². The third-order valence-electron chi connectivity index (χ3n) is 6.49. The average Bonchev–Trinajstić information content (AvgIpc) is 3.54. The molecule has 0 aliphatic heterocycles. The predicted octanol–water partition coefficient (Wildman–Crippen LogP) is 3.77. The molecule has 10 nitrogen and oxygen atoms in total. The highest BCUT2D eigenvalue weighted by atomic mass is 32.2. The zero-order valence-corrected chi connectivity index (χ0v) is 21.0. The molecule has 6 rings (SSSR count). The number of hydrogen-bond donors (Lipinski definition) is 5. The lowest BCUT2D eigenvalue weighted by molar-refractivity contribution is 0.571. The fraction of sp³-hybridized carbons (Fsp3) is 0.111. The molecule has 6 aromatic rings. The Morgan fingerprint density at radius 2 is 1.66 bits per heavy atom. The summed E-state index contributed by atoms with van der Waals surface area (Å²) >= 11 is 0. The van der Waals surface area contributed by atoms with Gasteiger partial charge in [0.05, 0.1) is 33.5 Å². The summed E-state index contributed by atoms with van der Waals surface area (Å²) in [4.78, 5) is 20.6. The average molecular weight is 525 g/mol. The molecule has 0 spiro atoms. The summed E-state index contributed by atoms with van der Waals surface area (Å²) < 4.78 is 29.2. The van der Waals surface area contributed by atoms with Gasteiger partial charge in [-0.05, 0) is 48.9 Å². The van der Waals surface area contributed by atoms with Gasteiger partial charge in [-0.2, -0.15) is 0 Å². The Morgan fingerprint density at radius 3 is 2.45 bits per heavy atom. The van der Waals surface area contributed by atoms with Crippen molar-refractivity contribution in [1.29, 1.82) is 5.41 Å². The van der Waals surface area contributed by atoms with Crippen molar-refractivity contribution in [2.24, 2.45) is 5.73 Å². The number of nitrogen functional groups attached to an aromatic ring is 1. The molecule has 3 aromatic carbocycles. The molecule has 0 saturated heterocycles. The summed E-state index contributed by atoms with van der Waals surface area (Å²) in [5, 5.41) is 8.48. The van der Waals surface area contributed by atoms with Gasteiger partial charge in [0.15, 0.2) is 0 Å². The van der Waals surface area contributed by atoms with Crippen LogP contribution in [0.1, 0.15) is 29.6 Å². The van der Waals surface area contributed by atoms with E-state index in [0.717, 1.165) is 21.9 Å². The summed E-state index contributed by atoms with van der Waals surface area (Å²) in [5.41, 5.74) is 9.80. The van der Waals surface area contributed by atoms with Crippen LogP contribution < -0.4 is 10.5 Å². The Bertz CT molecular complexity index is 1890. The first kappa shape index (κ1) is 23.8. The number of aromatic amines is 2. The Morgan fingerprint density at radius 1 is 0.921 bits per heavy atom. The van der Waals surface area contributed by atoms with E-state index in [0.29, 0.717) is 34.7 Å². The SMILES string of the molecule is N=C(N)c1ccc2[nH]c(C(CCNS(=O)(=O)c3cccc4cccnc34)c3nc4ccccc4[nH]3)nc2c1. The van der Waals surface area contributed by atoms with E-state index in [1.807, 2.05) is 42.5 Å². The van der Waals surface area contributed by atoms with Crippen LogP contribution in [0.4, 0.5) is 0 Å². The Hall–Kier alpha value is -4.61. The Labute approximate surface area is 217 Å². The van der Waals surface area contributed by atoms with Crippen molar-refractivity contribution >= 4 is 48.8 Å². The van der Waals surface area contributed by atoms with Crippen LogP contribution in [-0.2, 0) is 10.0 Å². The van der Waals surface area contributed by atoms with Gasteiger partial charge in [0, 0.05) is 23.7 Å². The van der Waals surface area contributed by atoms with Crippen LogP contribution in [0.3, 0.4) is 0 Å². The number of sulfonamides is 1. The standard InChI is InChI=1S/C27H24N8O2S/c28-25(29)17-10-11-21-22(15-17)35-27(34-21)18(26-32-19-7-1-2-8-20(19)33-26)12-14-31-38(36,37)23-9-3-5-16-6-4-13-30-24(16)23/h1-11,13,15,18,31H,12,14H2,(H3,28,29)(H,32,33)(H,34,35). The zero-order valence-electron chi connectivity index (χ0n) is 20.1. The van der Waals surface area contributed by atoms with Gasteiger partial charge in [0.2, 0.25) is 10.0 Å². The highest BCUT2D eigenvalue weighted by Gasteiger charge is 2.24. The zero-order chi connectivity index (χ0) is 26.3. The molecule has 0 saturated carbocycles. The van der Waals surface area contributed by atoms with Crippen molar-refractivity contribution in [2.75, 3.05) is 6.54 Å². The molecule has 1 atom stereocenters. The monoisotopic (exact) mass is 524 g/mol. The van der Waals surface area contributed by atoms with Gasteiger partial charge in [-0.25, -0.2) is 23.1 Å². The molecule has 38 heavy (non-hydrogen) atoms. The van der Waals surface area contributed by atoms with Crippen molar-refractivity contribution in [1.82, 2.24) is 29.6 Å². The first-order valence-electron chi connectivity index (χ1n) is 12.0. The minimum Gasteiger partial charge on any atom is -0.384 e.